The van der Waals surface area contributed by atoms with Crippen molar-refractivity contribution in [3.63, 3.8) is 0 Å². The van der Waals surface area contributed by atoms with Crippen LogP contribution in [0.25, 0.3) is 10.8 Å². The number of nitrogens with one attached hydrogen (secondary N) is 2. The molecule has 8 heteroatoms. The number of hydrogen-bond acceptors (Lipinski definition) is 6. The van der Waals surface area contributed by atoms with Crippen LogP contribution in [-0.2, 0) is 17.6 Å². The Kier molecular flexibility index (Phi) is 4.88. The van der Waals surface area contributed by atoms with Gasteiger partial charge in [0.25, 0.3) is 11.8 Å². The van der Waals surface area contributed by atoms with Crippen LogP contribution < -0.4 is 15.8 Å². The number of aromatic nitrogens is 1. The predicted molar refractivity (Wildman–Crippen MR) is 116 cm³/mol. The zero-order valence-electron chi connectivity index (χ0n) is 16.7. The minimum Gasteiger partial charge on any atom is -0.378 e. The SMILES string of the molecule is Cc1nc(N2CCOCC2)sc1C(=O)NNC(=O)c1ccc2c3c(cccc13)CC2. The van der Waals surface area contributed by atoms with Crippen LogP contribution in [0.2, 0.25) is 0 Å². The molecule has 2 amide bonds. The van der Waals surface area contributed by atoms with Crippen molar-refractivity contribution in [3.05, 3.63) is 57.6 Å². The molecule has 2 heterocycles. The molecule has 1 fully saturated rings. The van der Waals surface area contributed by atoms with E-state index in [1.165, 1.54) is 27.8 Å². The maximum atomic E-state index is 12.8. The fourth-order valence-electron chi connectivity index (χ4n) is 4.17. The van der Waals surface area contributed by atoms with Crippen LogP contribution in [0.1, 0.15) is 36.9 Å². The van der Waals surface area contributed by atoms with Crippen LogP contribution in [0.5, 0.6) is 0 Å². The molecule has 30 heavy (non-hydrogen) atoms. The first-order valence-electron chi connectivity index (χ1n) is 10.1. The lowest BCUT2D eigenvalue weighted by Gasteiger charge is -2.25. The normalized spacial score (nSPS) is 15.4. The summed E-state index contributed by atoms with van der Waals surface area (Å²) in [6.07, 6.45) is 2.01. The Morgan fingerprint density at radius 3 is 2.57 bits per heavy atom. The molecule has 2 aromatic carbocycles. The molecule has 1 saturated heterocycles. The molecular formula is C22H22N4O3S. The number of benzene rings is 2. The van der Waals surface area contributed by atoms with Crippen molar-refractivity contribution in [3.8, 4) is 0 Å². The van der Waals surface area contributed by atoms with Crippen molar-refractivity contribution >= 4 is 39.1 Å². The molecule has 0 atom stereocenters. The monoisotopic (exact) mass is 422 g/mol. The Hall–Kier alpha value is -2.97. The number of ether oxygens (including phenoxy) is 1. The van der Waals surface area contributed by atoms with E-state index in [2.05, 4.69) is 26.8 Å². The third kappa shape index (κ3) is 3.32. The Balaban J connectivity index is 1.31. The minimum absolute atomic E-state index is 0.325. The number of aryl methyl sites for hydroxylation is 3. The van der Waals surface area contributed by atoms with Crippen molar-refractivity contribution < 1.29 is 14.3 Å². The molecule has 0 bridgehead atoms. The molecular weight excluding hydrogens is 400 g/mol. The first-order chi connectivity index (χ1) is 14.6. The summed E-state index contributed by atoms with van der Waals surface area (Å²) in [4.78, 5) is 32.6. The van der Waals surface area contributed by atoms with Gasteiger partial charge in [0.2, 0.25) is 0 Å². The molecule has 1 aliphatic carbocycles. The van der Waals surface area contributed by atoms with Crippen LogP contribution in [-0.4, -0.2) is 43.1 Å². The third-order valence-electron chi connectivity index (χ3n) is 5.68. The molecule has 2 N–H and O–H groups in total. The number of amides is 2. The van der Waals surface area contributed by atoms with E-state index in [1.54, 1.807) is 6.92 Å². The summed E-state index contributed by atoms with van der Waals surface area (Å²) in [5, 5.41) is 2.91. The second kappa shape index (κ2) is 7.70. The van der Waals surface area contributed by atoms with Gasteiger partial charge in [-0.15, -0.1) is 0 Å². The number of thiazole rings is 1. The standard InChI is InChI=1S/C22H22N4O3S/c1-13-19(30-22(23-13)26-9-11-29-12-10-26)21(28)25-24-20(27)17-8-7-15-6-5-14-3-2-4-16(17)18(14)15/h2-4,7-8H,5-6,9-12H2,1H3,(H,24,27)(H,25,28). The molecule has 1 aliphatic heterocycles. The van der Waals surface area contributed by atoms with Crippen molar-refractivity contribution in [1.29, 1.82) is 0 Å². The summed E-state index contributed by atoms with van der Waals surface area (Å²) < 4.78 is 5.37. The third-order valence-corrected chi connectivity index (χ3v) is 6.90. The van der Waals surface area contributed by atoms with Gasteiger partial charge in [0.05, 0.1) is 18.9 Å². The van der Waals surface area contributed by atoms with Crippen molar-refractivity contribution in [2.24, 2.45) is 0 Å². The van der Waals surface area contributed by atoms with Gasteiger partial charge in [0, 0.05) is 18.7 Å². The minimum atomic E-state index is -0.358. The maximum Gasteiger partial charge on any atom is 0.281 e. The average molecular weight is 423 g/mol. The highest BCUT2D eigenvalue weighted by Gasteiger charge is 2.22. The highest BCUT2D eigenvalue weighted by atomic mass is 32.1. The zero-order valence-corrected chi connectivity index (χ0v) is 17.5. The van der Waals surface area contributed by atoms with Crippen LogP contribution >= 0.6 is 11.3 Å². The van der Waals surface area contributed by atoms with Gasteiger partial charge in [-0.3, -0.25) is 20.4 Å². The number of anilines is 1. The van der Waals surface area contributed by atoms with Gasteiger partial charge >= 0.3 is 0 Å². The fraction of sp³-hybridized carbons (Fsp3) is 0.318. The van der Waals surface area contributed by atoms with Gasteiger partial charge in [-0.25, -0.2) is 4.98 Å². The second-order valence-corrected chi connectivity index (χ2v) is 8.51. The average Bonchev–Trinajstić information content (AvgIpc) is 3.38. The molecule has 0 radical (unpaired) electrons. The fourth-order valence-corrected chi connectivity index (χ4v) is 5.18. The summed E-state index contributed by atoms with van der Waals surface area (Å²) in [5.41, 5.74) is 8.89. The largest absolute Gasteiger partial charge is 0.378 e. The smallest absolute Gasteiger partial charge is 0.281 e. The van der Waals surface area contributed by atoms with Crippen molar-refractivity contribution in [2.75, 3.05) is 31.2 Å². The number of nitrogens with zero attached hydrogens (tertiary/aromatic N) is 2. The summed E-state index contributed by atoms with van der Waals surface area (Å²) in [6.45, 7) is 4.64. The van der Waals surface area contributed by atoms with E-state index in [9.17, 15) is 9.59 Å². The number of hydrazine groups is 1. The van der Waals surface area contributed by atoms with Crippen molar-refractivity contribution in [2.45, 2.75) is 19.8 Å². The van der Waals surface area contributed by atoms with E-state index in [0.29, 0.717) is 29.3 Å². The predicted octanol–water partition coefficient (Wildman–Crippen LogP) is 2.61. The highest BCUT2D eigenvalue weighted by Crippen LogP contribution is 2.32. The summed E-state index contributed by atoms with van der Waals surface area (Å²) in [5.74, 6) is -0.682. The van der Waals surface area contributed by atoms with Gasteiger partial charge in [-0.05, 0) is 47.7 Å². The molecule has 1 aromatic heterocycles. The van der Waals surface area contributed by atoms with Gasteiger partial charge in [-0.2, -0.15) is 0 Å². The summed E-state index contributed by atoms with van der Waals surface area (Å²) in [7, 11) is 0. The van der Waals surface area contributed by atoms with E-state index in [-0.39, 0.29) is 11.8 Å². The van der Waals surface area contributed by atoms with E-state index in [0.717, 1.165) is 36.4 Å². The molecule has 0 spiro atoms. The lowest BCUT2D eigenvalue weighted by atomic mass is 10.00. The van der Waals surface area contributed by atoms with E-state index >= 15 is 0 Å². The van der Waals surface area contributed by atoms with E-state index in [1.807, 2.05) is 24.3 Å². The van der Waals surface area contributed by atoms with E-state index < -0.39 is 0 Å². The molecule has 7 nitrogen and oxygen atoms in total. The van der Waals surface area contributed by atoms with Crippen LogP contribution in [0, 0.1) is 6.92 Å². The Morgan fingerprint density at radius 1 is 1.03 bits per heavy atom. The second-order valence-electron chi connectivity index (χ2n) is 7.53. The zero-order chi connectivity index (χ0) is 20.7. The molecule has 154 valence electrons. The van der Waals surface area contributed by atoms with Crippen LogP contribution in [0.15, 0.2) is 30.3 Å². The number of morpholine rings is 1. The van der Waals surface area contributed by atoms with E-state index in [4.69, 9.17) is 4.74 Å². The molecule has 0 unspecified atom stereocenters. The lowest BCUT2D eigenvalue weighted by molar-refractivity contribution is 0.0849. The Labute approximate surface area is 178 Å². The number of carbonyl (C=O) groups excluding carboxylic acids is 2. The summed E-state index contributed by atoms with van der Waals surface area (Å²) in [6, 6.07) is 9.91. The number of hydrogen-bond donors (Lipinski definition) is 2. The molecule has 0 saturated carbocycles. The quantitative estimate of drug-likeness (QED) is 0.634. The van der Waals surface area contributed by atoms with Gasteiger partial charge < -0.3 is 9.64 Å². The van der Waals surface area contributed by atoms with Crippen LogP contribution in [0.3, 0.4) is 0 Å². The number of carbonyl (C=O) groups is 2. The van der Waals surface area contributed by atoms with Crippen molar-refractivity contribution in [1.82, 2.24) is 15.8 Å². The Bertz CT molecular complexity index is 1140. The first-order valence-corrected chi connectivity index (χ1v) is 10.9. The maximum absolute atomic E-state index is 12.8. The van der Waals surface area contributed by atoms with Crippen LogP contribution in [0.4, 0.5) is 5.13 Å². The lowest BCUT2D eigenvalue weighted by Crippen LogP contribution is -2.41. The summed E-state index contributed by atoms with van der Waals surface area (Å²) >= 11 is 1.33. The molecule has 5 rings (SSSR count). The number of rotatable bonds is 3. The van der Waals surface area contributed by atoms with Gasteiger partial charge in [-0.1, -0.05) is 35.6 Å². The first kappa shape index (κ1) is 19.0. The van der Waals surface area contributed by atoms with Gasteiger partial charge in [0.15, 0.2) is 5.13 Å². The highest BCUT2D eigenvalue weighted by molar-refractivity contribution is 7.17. The van der Waals surface area contributed by atoms with Gasteiger partial charge in [0.1, 0.15) is 4.88 Å². The molecule has 3 aromatic rings. The Morgan fingerprint density at radius 2 is 1.77 bits per heavy atom. The molecule has 2 aliphatic rings. The topological polar surface area (TPSA) is 83.6 Å².